The number of benzene rings is 3. The van der Waals surface area contributed by atoms with E-state index < -0.39 is 17.6 Å². The number of amides is 1. The van der Waals surface area contributed by atoms with Gasteiger partial charge in [-0.15, -0.1) is 0 Å². The number of hydrogen-bond acceptors (Lipinski definition) is 5. The molecule has 0 unspecified atom stereocenters. The normalized spacial score (nSPS) is 11.4. The Morgan fingerprint density at radius 1 is 1.00 bits per heavy atom. The Labute approximate surface area is 216 Å². The monoisotopic (exact) mass is 528 g/mol. The highest BCUT2D eigenvalue weighted by Gasteiger charge is 2.30. The predicted molar refractivity (Wildman–Crippen MR) is 136 cm³/mol. The van der Waals surface area contributed by atoms with E-state index in [-0.39, 0.29) is 23.9 Å². The third-order valence-corrected chi connectivity index (χ3v) is 6.02. The van der Waals surface area contributed by atoms with Crippen LogP contribution in [0.15, 0.2) is 77.2 Å². The molecule has 0 aliphatic carbocycles. The van der Waals surface area contributed by atoms with Crippen LogP contribution >= 0.6 is 12.2 Å². The maximum absolute atomic E-state index is 13.1. The van der Waals surface area contributed by atoms with E-state index in [0.29, 0.717) is 40.9 Å². The summed E-state index contributed by atoms with van der Waals surface area (Å²) in [5, 5.41) is 12.4. The molecule has 1 heterocycles. The van der Waals surface area contributed by atoms with Gasteiger partial charge in [-0.25, -0.2) is 0 Å². The summed E-state index contributed by atoms with van der Waals surface area (Å²) in [6.07, 6.45) is -3.78. The summed E-state index contributed by atoms with van der Waals surface area (Å²) >= 11 is 4.94. The number of furan rings is 1. The van der Waals surface area contributed by atoms with E-state index in [2.05, 4.69) is 5.32 Å². The van der Waals surface area contributed by atoms with E-state index in [1.807, 2.05) is 17.6 Å². The van der Waals surface area contributed by atoms with Crippen LogP contribution in [0.25, 0.3) is 11.0 Å². The lowest BCUT2D eigenvalue weighted by molar-refractivity contribution is -0.137. The molecule has 0 aliphatic rings. The number of hydrogen-bond donors (Lipinski definition) is 3. The molecule has 0 saturated carbocycles. The van der Waals surface area contributed by atoms with Gasteiger partial charge in [0.1, 0.15) is 22.9 Å². The molecule has 0 aliphatic heterocycles. The summed E-state index contributed by atoms with van der Waals surface area (Å²) in [6, 6.07) is 19.1. The number of halogens is 3. The van der Waals surface area contributed by atoms with Gasteiger partial charge in [0.2, 0.25) is 0 Å². The zero-order chi connectivity index (χ0) is 26.4. The van der Waals surface area contributed by atoms with Gasteiger partial charge in [0.25, 0.3) is 5.91 Å². The van der Waals surface area contributed by atoms with E-state index in [1.165, 1.54) is 6.07 Å². The number of para-hydroxylation sites is 1. The van der Waals surface area contributed by atoms with Crippen LogP contribution in [-0.2, 0) is 19.0 Å². The van der Waals surface area contributed by atoms with Crippen LogP contribution in [0.3, 0.4) is 0 Å². The Kier molecular flexibility index (Phi) is 8.10. The lowest BCUT2D eigenvalue weighted by Gasteiger charge is -2.10. The second kappa shape index (κ2) is 11.4. The molecule has 4 aromatic rings. The first-order chi connectivity index (χ1) is 17.8. The Hall–Kier alpha value is -3.89. The van der Waals surface area contributed by atoms with E-state index in [9.17, 15) is 18.0 Å². The molecular weight excluding hydrogens is 505 g/mol. The van der Waals surface area contributed by atoms with Gasteiger partial charge in [-0.2, -0.15) is 13.2 Å². The minimum absolute atomic E-state index is 0.127. The largest absolute Gasteiger partial charge is 0.492 e. The third-order valence-electron chi connectivity index (χ3n) is 5.70. The van der Waals surface area contributed by atoms with Crippen molar-refractivity contribution in [2.24, 2.45) is 0 Å². The molecule has 1 aromatic heterocycles. The first-order valence-electron chi connectivity index (χ1n) is 11.4. The Balaban J connectivity index is 1.41. The van der Waals surface area contributed by atoms with Gasteiger partial charge in [0.05, 0.1) is 12.1 Å². The van der Waals surface area contributed by atoms with Gasteiger partial charge in [0.15, 0.2) is 5.76 Å². The topological polar surface area (TPSA) is 83.7 Å². The number of thiocarbonyl (C=S) groups is 1. The molecule has 6 nitrogen and oxygen atoms in total. The third kappa shape index (κ3) is 6.46. The number of fused-ring (bicyclic) bond motifs is 1. The van der Waals surface area contributed by atoms with Crippen LogP contribution < -0.4 is 15.5 Å². The zero-order valence-corrected chi connectivity index (χ0v) is 20.3. The molecule has 0 radical (unpaired) electrons. The van der Waals surface area contributed by atoms with Gasteiger partial charge >= 0.3 is 6.18 Å². The SMILES string of the molecule is O=C(NCCOc1ccc(C(=S)NO)cc1)c1oc2ccccc2c1CCc1cccc(C(F)(F)F)c1. The molecule has 0 bridgehead atoms. The number of carbonyl (C=O) groups excluding carboxylic acids is 1. The van der Waals surface area contributed by atoms with Crippen LogP contribution in [0.1, 0.15) is 32.8 Å². The van der Waals surface area contributed by atoms with E-state index in [0.717, 1.165) is 17.5 Å². The number of alkyl halides is 3. The minimum Gasteiger partial charge on any atom is -0.492 e. The quantitative estimate of drug-likeness (QED) is 0.147. The van der Waals surface area contributed by atoms with Crippen LogP contribution in [-0.4, -0.2) is 29.3 Å². The molecule has 1 amide bonds. The van der Waals surface area contributed by atoms with Crippen molar-refractivity contribution >= 4 is 34.1 Å². The first-order valence-corrected chi connectivity index (χ1v) is 11.8. The molecule has 10 heteroatoms. The predicted octanol–water partition coefficient (Wildman–Crippen LogP) is 5.70. The molecule has 0 spiro atoms. The van der Waals surface area contributed by atoms with Crippen molar-refractivity contribution in [3.8, 4) is 5.75 Å². The fourth-order valence-corrected chi connectivity index (χ4v) is 4.02. The van der Waals surface area contributed by atoms with Crippen LogP contribution in [0, 0.1) is 0 Å². The van der Waals surface area contributed by atoms with E-state index in [4.69, 9.17) is 26.6 Å². The molecule has 192 valence electrons. The molecule has 37 heavy (non-hydrogen) atoms. The van der Waals surface area contributed by atoms with Crippen molar-refractivity contribution in [2.75, 3.05) is 13.2 Å². The van der Waals surface area contributed by atoms with E-state index >= 15 is 0 Å². The maximum Gasteiger partial charge on any atom is 0.416 e. The highest BCUT2D eigenvalue weighted by Crippen LogP contribution is 2.31. The average molecular weight is 529 g/mol. The second-order valence-corrected chi connectivity index (χ2v) is 8.58. The number of nitrogens with one attached hydrogen (secondary N) is 2. The van der Waals surface area contributed by atoms with Crippen molar-refractivity contribution in [3.63, 3.8) is 0 Å². The Bertz CT molecular complexity index is 1400. The van der Waals surface area contributed by atoms with Crippen LogP contribution in [0.4, 0.5) is 13.2 Å². The molecular formula is C27H23F3N2O4S. The number of carbonyl (C=O) groups is 1. The fraction of sp³-hybridized carbons (Fsp3) is 0.185. The van der Waals surface area contributed by atoms with Gasteiger partial charge in [-0.1, -0.05) is 48.6 Å². The van der Waals surface area contributed by atoms with Gasteiger partial charge in [-0.3, -0.25) is 15.5 Å². The lowest BCUT2D eigenvalue weighted by atomic mass is 10.00. The van der Waals surface area contributed by atoms with Crippen LogP contribution in [0.2, 0.25) is 0 Å². The molecule has 4 rings (SSSR count). The molecule has 0 fully saturated rings. The highest BCUT2D eigenvalue weighted by atomic mass is 32.1. The molecule has 3 N–H and O–H groups in total. The highest BCUT2D eigenvalue weighted by molar-refractivity contribution is 7.80. The Morgan fingerprint density at radius 3 is 2.49 bits per heavy atom. The minimum atomic E-state index is -4.42. The van der Waals surface area contributed by atoms with Gasteiger partial charge in [0, 0.05) is 16.5 Å². The van der Waals surface area contributed by atoms with Gasteiger partial charge in [-0.05, 0) is 54.8 Å². The summed E-state index contributed by atoms with van der Waals surface area (Å²) in [4.78, 5) is 13.1. The maximum atomic E-state index is 13.1. The summed E-state index contributed by atoms with van der Waals surface area (Å²) in [7, 11) is 0. The zero-order valence-electron chi connectivity index (χ0n) is 19.5. The molecule has 0 atom stereocenters. The summed E-state index contributed by atoms with van der Waals surface area (Å²) in [5.74, 6) is 0.250. The van der Waals surface area contributed by atoms with Gasteiger partial charge < -0.3 is 14.5 Å². The molecule has 3 aromatic carbocycles. The molecule has 0 saturated heterocycles. The summed E-state index contributed by atoms with van der Waals surface area (Å²) < 4.78 is 50.7. The fourth-order valence-electron chi connectivity index (χ4n) is 3.88. The van der Waals surface area contributed by atoms with Crippen molar-refractivity contribution in [1.29, 1.82) is 0 Å². The van der Waals surface area contributed by atoms with E-state index in [1.54, 1.807) is 42.5 Å². The number of aryl methyl sites for hydroxylation is 2. The van der Waals surface area contributed by atoms with Crippen molar-refractivity contribution in [3.05, 3.63) is 101 Å². The number of rotatable bonds is 9. The number of ether oxygens (including phenoxy) is 1. The smallest absolute Gasteiger partial charge is 0.416 e. The summed E-state index contributed by atoms with van der Waals surface area (Å²) in [5.41, 5.74) is 3.51. The first kappa shape index (κ1) is 26.2. The van der Waals surface area contributed by atoms with Crippen molar-refractivity contribution in [1.82, 2.24) is 10.8 Å². The lowest BCUT2D eigenvalue weighted by Crippen LogP contribution is -2.28. The van der Waals surface area contributed by atoms with Crippen molar-refractivity contribution in [2.45, 2.75) is 19.0 Å². The van der Waals surface area contributed by atoms with Crippen molar-refractivity contribution < 1.29 is 32.3 Å². The average Bonchev–Trinajstić information content (AvgIpc) is 3.28. The number of hydroxylamine groups is 1. The standard InChI is InChI=1S/C27H23F3N2O4S/c28-27(29,30)19-5-3-4-17(16-19)8-13-22-21-6-1-2-7-23(21)36-24(22)25(33)31-14-15-35-20-11-9-18(10-12-20)26(37)32-34/h1-7,9-12,16,34H,8,13-15H2,(H,31,33)(H,32,37). The Morgan fingerprint density at radius 2 is 1.76 bits per heavy atom. The second-order valence-electron chi connectivity index (χ2n) is 8.17. The summed E-state index contributed by atoms with van der Waals surface area (Å²) in [6.45, 7) is 0.384. The van der Waals surface area contributed by atoms with Crippen LogP contribution in [0.5, 0.6) is 5.75 Å².